The fourth-order valence-corrected chi connectivity index (χ4v) is 3.76. The van der Waals surface area contributed by atoms with Crippen LogP contribution in [0, 0.1) is 0 Å². The Morgan fingerprint density at radius 1 is 1.32 bits per heavy atom. The summed E-state index contributed by atoms with van der Waals surface area (Å²) in [5, 5.41) is 7.80. The maximum Gasteiger partial charge on any atom is 0.193 e. The van der Waals surface area contributed by atoms with Gasteiger partial charge in [0.25, 0.3) is 0 Å². The SMILES string of the molecule is CN(Cc1ccsc1)C(=NCCCN1CCOCC1)NCCc1ccco1.I. The summed E-state index contributed by atoms with van der Waals surface area (Å²) in [7, 11) is 2.10. The number of guanidine groups is 1. The van der Waals surface area contributed by atoms with Gasteiger partial charge in [0.15, 0.2) is 5.96 Å². The van der Waals surface area contributed by atoms with Gasteiger partial charge in [0.1, 0.15) is 5.76 Å². The quantitative estimate of drug-likeness (QED) is 0.239. The largest absolute Gasteiger partial charge is 0.469 e. The minimum atomic E-state index is 0. The highest BCUT2D eigenvalue weighted by molar-refractivity contribution is 14.0. The van der Waals surface area contributed by atoms with Gasteiger partial charge in [-0.3, -0.25) is 9.89 Å². The molecule has 0 spiro atoms. The Balaban J connectivity index is 0.00000280. The van der Waals surface area contributed by atoms with Crippen molar-refractivity contribution in [1.82, 2.24) is 15.1 Å². The molecule has 1 saturated heterocycles. The Morgan fingerprint density at radius 2 is 2.18 bits per heavy atom. The molecule has 3 heterocycles. The lowest BCUT2D eigenvalue weighted by Gasteiger charge is -2.26. The van der Waals surface area contributed by atoms with Gasteiger partial charge in [0.2, 0.25) is 0 Å². The van der Waals surface area contributed by atoms with Gasteiger partial charge in [-0.2, -0.15) is 11.3 Å². The van der Waals surface area contributed by atoms with Crippen LogP contribution in [0.15, 0.2) is 44.6 Å². The summed E-state index contributed by atoms with van der Waals surface area (Å²) in [4.78, 5) is 9.50. The number of nitrogens with one attached hydrogen (secondary N) is 1. The van der Waals surface area contributed by atoms with Crippen molar-refractivity contribution in [3.8, 4) is 0 Å². The van der Waals surface area contributed by atoms with Gasteiger partial charge in [-0.1, -0.05) is 0 Å². The second-order valence-electron chi connectivity index (χ2n) is 6.76. The molecule has 0 saturated carbocycles. The van der Waals surface area contributed by atoms with E-state index in [0.29, 0.717) is 0 Å². The van der Waals surface area contributed by atoms with E-state index in [1.807, 2.05) is 12.1 Å². The Morgan fingerprint density at radius 3 is 2.89 bits per heavy atom. The molecule has 0 amide bonds. The summed E-state index contributed by atoms with van der Waals surface area (Å²) in [6.07, 6.45) is 3.64. The standard InChI is InChI=1S/C20H30N4O2S.HI/c1-23(16-18-6-15-27-17-18)20(22-8-5-19-4-2-12-26-19)21-7-3-9-24-10-13-25-14-11-24;/h2,4,6,12,15,17H,3,5,7-11,13-14,16H2,1H3,(H,21,22);1H. The van der Waals surface area contributed by atoms with Crippen LogP contribution < -0.4 is 5.32 Å². The molecule has 28 heavy (non-hydrogen) atoms. The van der Waals surface area contributed by atoms with E-state index in [9.17, 15) is 0 Å². The molecule has 0 aromatic carbocycles. The highest BCUT2D eigenvalue weighted by atomic mass is 127. The van der Waals surface area contributed by atoms with Crippen molar-refractivity contribution in [1.29, 1.82) is 0 Å². The first-order valence-corrected chi connectivity index (χ1v) is 10.6. The van der Waals surface area contributed by atoms with Crippen LogP contribution >= 0.6 is 35.3 Å². The van der Waals surface area contributed by atoms with Crippen LogP contribution in [0.3, 0.4) is 0 Å². The predicted molar refractivity (Wildman–Crippen MR) is 126 cm³/mol. The van der Waals surface area contributed by atoms with Gasteiger partial charge in [0, 0.05) is 52.7 Å². The van der Waals surface area contributed by atoms with E-state index >= 15 is 0 Å². The fraction of sp³-hybridized carbons (Fsp3) is 0.550. The van der Waals surface area contributed by atoms with Gasteiger partial charge in [-0.05, 0) is 40.9 Å². The number of aliphatic imine (C=N–C) groups is 1. The van der Waals surface area contributed by atoms with Crippen molar-refractivity contribution >= 4 is 41.3 Å². The predicted octanol–water partition coefficient (Wildman–Crippen LogP) is 3.30. The molecule has 1 fully saturated rings. The number of hydrogen-bond acceptors (Lipinski definition) is 5. The first-order chi connectivity index (χ1) is 13.3. The summed E-state index contributed by atoms with van der Waals surface area (Å²) in [6, 6.07) is 6.11. The zero-order valence-corrected chi connectivity index (χ0v) is 19.7. The second kappa shape index (κ2) is 13.2. The maximum atomic E-state index is 5.42. The smallest absolute Gasteiger partial charge is 0.193 e. The summed E-state index contributed by atoms with van der Waals surface area (Å²) >= 11 is 1.73. The summed E-state index contributed by atoms with van der Waals surface area (Å²) in [6.45, 7) is 7.36. The minimum Gasteiger partial charge on any atom is -0.469 e. The van der Waals surface area contributed by atoms with Gasteiger partial charge < -0.3 is 19.4 Å². The second-order valence-corrected chi connectivity index (χ2v) is 7.54. The van der Waals surface area contributed by atoms with E-state index < -0.39 is 0 Å². The number of hydrogen-bond donors (Lipinski definition) is 1. The highest BCUT2D eigenvalue weighted by Crippen LogP contribution is 2.09. The summed E-state index contributed by atoms with van der Waals surface area (Å²) < 4.78 is 10.8. The monoisotopic (exact) mass is 518 g/mol. The first-order valence-electron chi connectivity index (χ1n) is 9.64. The van der Waals surface area contributed by atoms with Crippen LogP contribution in [-0.4, -0.2) is 68.7 Å². The van der Waals surface area contributed by atoms with Crippen molar-refractivity contribution in [2.24, 2.45) is 4.99 Å². The van der Waals surface area contributed by atoms with Crippen LogP contribution in [-0.2, 0) is 17.7 Å². The molecule has 2 aromatic heterocycles. The van der Waals surface area contributed by atoms with E-state index in [2.05, 4.69) is 39.0 Å². The summed E-state index contributed by atoms with van der Waals surface area (Å²) in [5.74, 6) is 1.95. The molecule has 0 radical (unpaired) electrons. The minimum absolute atomic E-state index is 0. The van der Waals surface area contributed by atoms with Gasteiger partial charge in [-0.15, -0.1) is 24.0 Å². The Hall–Kier alpha value is -1.10. The van der Waals surface area contributed by atoms with Gasteiger partial charge >= 0.3 is 0 Å². The Kier molecular flexibility index (Phi) is 10.9. The number of rotatable bonds is 9. The molecular weight excluding hydrogens is 487 g/mol. The van der Waals surface area contributed by atoms with Crippen molar-refractivity contribution in [3.05, 3.63) is 46.5 Å². The van der Waals surface area contributed by atoms with Crippen molar-refractivity contribution < 1.29 is 9.15 Å². The lowest BCUT2D eigenvalue weighted by Crippen LogP contribution is -2.40. The van der Waals surface area contributed by atoms with Crippen LogP contribution in [0.2, 0.25) is 0 Å². The fourth-order valence-electron chi connectivity index (χ4n) is 3.10. The van der Waals surface area contributed by atoms with Crippen LogP contribution in [0.5, 0.6) is 0 Å². The average molecular weight is 518 g/mol. The maximum absolute atomic E-state index is 5.42. The van der Waals surface area contributed by atoms with Crippen molar-refractivity contribution in [2.45, 2.75) is 19.4 Å². The average Bonchev–Trinajstić information content (AvgIpc) is 3.38. The van der Waals surface area contributed by atoms with Crippen LogP contribution in [0.4, 0.5) is 0 Å². The molecule has 6 nitrogen and oxygen atoms in total. The number of thiophene rings is 1. The molecule has 0 unspecified atom stereocenters. The molecule has 8 heteroatoms. The number of morpholine rings is 1. The molecule has 2 aromatic rings. The van der Waals surface area contributed by atoms with E-state index in [1.54, 1.807) is 17.6 Å². The molecule has 1 aliphatic heterocycles. The molecule has 3 rings (SSSR count). The third-order valence-corrected chi connectivity index (χ3v) is 5.33. The van der Waals surface area contributed by atoms with E-state index in [1.165, 1.54) is 5.56 Å². The van der Waals surface area contributed by atoms with Crippen molar-refractivity contribution in [3.63, 3.8) is 0 Å². The molecular formula is C20H31IN4O2S. The van der Waals surface area contributed by atoms with Gasteiger partial charge in [-0.25, -0.2) is 0 Å². The first kappa shape index (κ1) is 23.2. The number of furan rings is 1. The van der Waals surface area contributed by atoms with Crippen LogP contribution in [0.25, 0.3) is 0 Å². The van der Waals surface area contributed by atoms with E-state index in [4.69, 9.17) is 14.1 Å². The molecule has 1 N–H and O–H groups in total. The van der Waals surface area contributed by atoms with Gasteiger partial charge in [0.05, 0.1) is 19.5 Å². The third kappa shape index (κ3) is 8.10. The van der Waals surface area contributed by atoms with E-state index in [-0.39, 0.29) is 24.0 Å². The Labute approximate surface area is 189 Å². The van der Waals surface area contributed by atoms with Crippen LogP contribution in [0.1, 0.15) is 17.7 Å². The van der Waals surface area contributed by atoms with E-state index in [0.717, 1.165) is 77.0 Å². The molecule has 0 bridgehead atoms. The third-order valence-electron chi connectivity index (χ3n) is 4.59. The number of ether oxygens (including phenoxy) is 1. The highest BCUT2D eigenvalue weighted by Gasteiger charge is 2.10. The van der Waals surface area contributed by atoms with Crippen molar-refractivity contribution in [2.75, 3.05) is 53.0 Å². The lowest BCUT2D eigenvalue weighted by molar-refractivity contribution is 0.0377. The molecule has 1 aliphatic rings. The Bertz CT molecular complexity index is 658. The molecule has 0 atom stereocenters. The zero-order chi connectivity index (χ0) is 18.7. The number of nitrogens with zero attached hydrogens (tertiary/aromatic N) is 3. The normalized spacial score (nSPS) is 15.2. The summed E-state index contributed by atoms with van der Waals surface area (Å²) in [5.41, 5.74) is 1.32. The molecule has 0 aliphatic carbocycles. The molecule has 156 valence electrons. The zero-order valence-electron chi connectivity index (χ0n) is 16.5. The topological polar surface area (TPSA) is 53.2 Å². The lowest BCUT2D eigenvalue weighted by atomic mass is 10.3. The number of halogens is 1.